The molecule has 0 atom stereocenters. The van der Waals surface area contributed by atoms with Crippen molar-refractivity contribution in [1.82, 2.24) is 0 Å². The molecule has 0 spiro atoms. The lowest BCUT2D eigenvalue weighted by molar-refractivity contribution is 0.520. The molecule has 18 heavy (non-hydrogen) atoms. The lowest BCUT2D eigenvalue weighted by Gasteiger charge is -2.31. The van der Waals surface area contributed by atoms with Gasteiger partial charge in [-0.1, -0.05) is 43.2 Å². The predicted molar refractivity (Wildman–Crippen MR) is 70.5 cm³/mol. The Morgan fingerprint density at radius 1 is 1.06 bits per heavy atom. The highest BCUT2D eigenvalue weighted by Crippen LogP contribution is 2.47. The van der Waals surface area contributed by atoms with Crippen LogP contribution in [0.15, 0.2) is 41.5 Å². The Morgan fingerprint density at radius 2 is 1.61 bits per heavy atom. The first kappa shape index (κ1) is 12.4. The number of benzene rings is 1. The van der Waals surface area contributed by atoms with Gasteiger partial charge < -0.3 is 0 Å². The van der Waals surface area contributed by atoms with Crippen molar-refractivity contribution in [3.8, 4) is 12.1 Å². The Balaban J connectivity index is 2.58. The maximum absolute atomic E-state index is 9.09. The fourth-order valence-electron chi connectivity index (χ4n) is 3.05. The molecule has 1 fully saturated rings. The smallest absolute Gasteiger partial charge is 0.129 e. The van der Waals surface area contributed by atoms with E-state index in [1.54, 1.807) is 0 Å². The Hall–Kier alpha value is -2.06. The van der Waals surface area contributed by atoms with Gasteiger partial charge in [-0.15, -0.1) is 0 Å². The molecule has 0 unspecified atom stereocenters. The van der Waals surface area contributed by atoms with Crippen LogP contribution in [0.3, 0.4) is 0 Å². The lowest BCUT2D eigenvalue weighted by atomic mass is 9.72. The summed E-state index contributed by atoms with van der Waals surface area (Å²) in [6, 6.07) is 14.4. The van der Waals surface area contributed by atoms with Gasteiger partial charge in [0.05, 0.1) is 0 Å². The van der Waals surface area contributed by atoms with E-state index in [-0.39, 0.29) is 11.0 Å². The molecule has 90 valence electrons. The van der Waals surface area contributed by atoms with Crippen LogP contribution in [0.5, 0.6) is 0 Å². The molecule has 0 aliphatic heterocycles. The van der Waals surface area contributed by atoms with Crippen LogP contribution in [-0.4, -0.2) is 0 Å². The zero-order chi connectivity index (χ0) is 13.0. The summed E-state index contributed by atoms with van der Waals surface area (Å²) in [7, 11) is 0. The molecule has 1 aromatic rings. The zero-order valence-electron chi connectivity index (χ0n) is 10.6. The zero-order valence-corrected chi connectivity index (χ0v) is 10.6. The summed E-state index contributed by atoms with van der Waals surface area (Å²) in [5.41, 5.74) is 2.36. The molecule has 0 aromatic heterocycles. The Morgan fingerprint density at radius 3 is 2.11 bits per heavy atom. The van der Waals surface area contributed by atoms with Crippen molar-refractivity contribution < 1.29 is 0 Å². The van der Waals surface area contributed by atoms with Crippen molar-refractivity contribution in [2.45, 2.75) is 38.0 Å². The Kier molecular flexibility index (Phi) is 3.49. The molecular formula is C16H16N2. The second kappa shape index (κ2) is 5.07. The summed E-state index contributed by atoms with van der Waals surface area (Å²) in [6.45, 7) is 1.94. The molecule has 0 radical (unpaired) electrons. The van der Waals surface area contributed by atoms with Crippen molar-refractivity contribution in [3.63, 3.8) is 0 Å². The van der Waals surface area contributed by atoms with Gasteiger partial charge in [0, 0.05) is 5.41 Å². The topological polar surface area (TPSA) is 47.6 Å². The first-order valence-corrected chi connectivity index (χ1v) is 6.32. The predicted octanol–water partition coefficient (Wildman–Crippen LogP) is 3.86. The van der Waals surface area contributed by atoms with E-state index in [9.17, 15) is 0 Å². The summed E-state index contributed by atoms with van der Waals surface area (Å²) >= 11 is 0. The Bertz CT molecular complexity index is 519. The van der Waals surface area contributed by atoms with E-state index in [4.69, 9.17) is 10.5 Å². The standard InChI is InChI=1S/C16H16N2/c1-13(14(11-17)12-18)16(9-5-6-10-16)15-7-3-2-4-8-15/h2-4,7-8H,5-6,9-10H2,1H3. The molecule has 0 heterocycles. The molecular weight excluding hydrogens is 220 g/mol. The molecule has 0 bridgehead atoms. The van der Waals surface area contributed by atoms with Crippen molar-refractivity contribution >= 4 is 0 Å². The van der Waals surface area contributed by atoms with E-state index in [0.717, 1.165) is 31.3 Å². The first-order chi connectivity index (χ1) is 8.74. The molecule has 1 aliphatic carbocycles. The second-order valence-corrected chi connectivity index (χ2v) is 4.88. The largest absolute Gasteiger partial charge is 0.192 e. The third-order valence-corrected chi connectivity index (χ3v) is 4.10. The minimum absolute atomic E-state index is 0.0952. The minimum Gasteiger partial charge on any atom is -0.192 e. The number of hydrogen-bond acceptors (Lipinski definition) is 2. The maximum atomic E-state index is 9.09. The molecule has 0 saturated heterocycles. The number of allylic oxidation sites excluding steroid dienone is 2. The van der Waals surface area contributed by atoms with Crippen LogP contribution < -0.4 is 0 Å². The van der Waals surface area contributed by atoms with Crippen LogP contribution in [0.1, 0.15) is 38.2 Å². The fourth-order valence-corrected chi connectivity index (χ4v) is 3.05. The number of rotatable bonds is 2. The maximum Gasteiger partial charge on any atom is 0.129 e. The van der Waals surface area contributed by atoms with E-state index in [1.807, 2.05) is 37.3 Å². The quantitative estimate of drug-likeness (QED) is 0.732. The van der Waals surface area contributed by atoms with Crippen molar-refractivity contribution in [3.05, 3.63) is 47.0 Å². The van der Waals surface area contributed by atoms with Crippen LogP contribution in [0.2, 0.25) is 0 Å². The van der Waals surface area contributed by atoms with Crippen LogP contribution in [0.25, 0.3) is 0 Å². The van der Waals surface area contributed by atoms with Crippen LogP contribution in [0.4, 0.5) is 0 Å². The van der Waals surface area contributed by atoms with E-state index in [0.29, 0.717) is 0 Å². The van der Waals surface area contributed by atoms with Crippen molar-refractivity contribution in [2.24, 2.45) is 0 Å². The van der Waals surface area contributed by atoms with Gasteiger partial charge in [-0.25, -0.2) is 0 Å². The van der Waals surface area contributed by atoms with Gasteiger partial charge in [0.15, 0.2) is 0 Å². The highest BCUT2D eigenvalue weighted by molar-refractivity contribution is 5.48. The number of nitriles is 2. The summed E-state index contributed by atoms with van der Waals surface area (Å²) in [5.74, 6) is 0. The molecule has 1 saturated carbocycles. The van der Waals surface area contributed by atoms with E-state index >= 15 is 0 Å². The minimum atomic E-state index is -0.0952. The fraction of sp³-hybridized carbons (Fsp3) is 0.375. The Labute approximate surface area is 108 Å². The second-order valence-electron chi connectivity index (χ2n) is 4.88. The molecule has 0 amide bonds. The monoisotopic (exact) mass is 236 g/mol. The molecule has 2 rings (SSSR count). The van der Waals surface area contributed by atoms with Crippen molar-refractivity contribution in [2.75, 3.05) is 0 Å². The van der Waals surface area contributed by atoms with Gasteiger partial charge >= 0.3 is 0 Å². The van der Waals surface area contributed by atoms with Crippen LogP contribution >= 0.6 is 0 Å². The van der Waals surface area contributed by atoms with Gasteiger partial charge in [-0.2, -0.15) is 10.5 Å². The molecule has 2 heteroatoms. The van der Waals surface area contributed by atoms with E-state index in [2.05, 4.69) is 12.1 Å². The summed E-state index contributed by atoms with van der Waals surface area (Å²) < 4.78 is 0. The van der Waals surface area contributed by atoms with E-state index in [1.165, 1.54) is 5.56 Å². The normalized spacial score (nSPS) is 16.6. The molecule has 1 aliphatic rings. The third kappa shape index (κ3) is 1.91. The molecule has 2 nitrogen and oxygen atoms in total. The average Bonchev–Trinajstić information content (AvgIpc) is 2.91. The van der Waals surface area contributed by atoms with Gasteiger partial charge in [0.2, 0.25) is 0 Å². The highest BCUT2D eigenvalue weighted by atomic mass is 14.4. The number of hydrogen-bond donors (Lipinski definition) is 0. The number of nitrogens with zero attached hydrogens (tertiary/aromatic N) is 2. The highest BCUT2D eigenvalue weighted by Gasteiger charge is 2.38. The van der Waals surface area contributed by atoms with Gasteiger partial charge in [0.25, 0.3) is 0 Å². The van der Waals surface area contributed by atoms with E-state index < -0.39 is 0 Å². The summed E-state index contributed by atoms with van der Waals surface area (Å²) in [5, 5.41) is 18.2. The average molecular weight is 236 g/mol. The summed E-state index contributed by atoms with van der Waals surface area (Å²) in [6.07, 6.45) is 4.40. The molecule has 0 N–H and O–H groups in total. The van der Waals surface area contributed by atoms with Gasteiger partial charge in [-0.05, 0) is 30.9 Å². The SMILES string of the molecule is CC(=C(C#N)C#N)C1(c2ccccc2)CCCC1. The van der Waals surface area contributed by atoms with Crippen molar-refractivity contribution in [1.29, 1.82) is 10.5 Å². The summed E-state index contributed by atoms with van der Waals surface area (Å²) in [4.78, 5) is 0. The van der Waals surface area contributed by atoms with Crippen LogP contribution in [0, 0.1) is 22.7 Å². The van der Waals surface area contributed by atoms with Crippen LogP contribution in [-0.2, 0) is 5.41 Å². The first-order valence-electron chi connectivity index (χ1n) is 6.32. The third-order valence-electron chi connectivity index (χ3n) is 4.10. The lowest BCUT2D eigenvalue weighted by Crippen LogP contribution is -2.24. The molecule has 1 aromatic carbocycles. The van der Waals surface area contributed by atoms with Gasteiger partial charge in [-0.3, -0.25) is 0 Å². The van der Waals surface area contributed by atoms with Gasteiger partial charge in [0.1, 0.15) is 17.7 Å².